The van der Waals surface area contributed by atoms with Crippen LogP contribution in [-0.2, 0) is 0 Å². The number of rotatable bonds is 4. The first kappa shape index (κ1) is 15.7. The molecule has 1 fully saturated rings. The summed E-state index contributed by atoms with van der Waals surface area (Å²) >= 11 is 0. The highest BCUT2D eigenvalue weighted by molar-refractivity contribution is 5.84. The van der Waals surface area contributed by atoms with Gasteiger partial charge in [0.15, 0.2) is 0 Å². The SMILES string of the molecule is CC(C)Oc1cccc(C2CC2c2ccc3cc(C#N)ccc3c2)c1. The minimum absolute atomic E-state index is 0.198. The van der Waals surface area contributed by atoms with Crippen LogP contribution in [-0.4, -0.2) is 6.10 Å². The molecule has 2 atom stereocenters. The van der Waals surface area contributed by atoms with Crippen molar-refractivity contribution >= 4 is 10.8 Å². The smallest absolute Gasteiger partial charge is 0.119 e. The summed E-state index contributed by atoms with van der Waals surface area (Å²) < 4.78 is 5.83. The predicted octanol–water partition coefficient (Wildman–Crippen LogP) is 5.77. The summed E-state index contributed by atoms with van der Waals surface area (Å²) in [6.45, 7) is 4.11. The van der Waals surface area contributed by atoms with Crippen molar-refractivity contribution in [1.82, 2.24) is 0 Å². The third kappa shape index (κ3) is 3.23. The lowest BCUT2D eigenvalue weighted by Gasteiger charge is -2.11. The van der Waals surface area contributed by atoms with E-state index in [1.165, 1.54) is 22.9 Å². The molecular formula is C23H21NO. The molecule has 0 bridgehead atoms. The zero-order valence-electron chi connectivity index (χ0n) is 14.6. The third-order valence-electron chi connectivity index (χ3n) is 4.87. The molecule has 0 radical (unpaired) electrons. The van der Waals surface area contributed by atoms with Gasteiger partial charge in [-0.1, -0.05) is 36.4 Å². The van der Waals surface area contributed by atoms with E-state index in [2.05, 4.69) is 56.3 Å². The van der Waals surface area contributed by atoms with E-state index >= 15 is 0 Å². The predicted molar refractivity (Wildman–Crippen MR) is 101 cm³/mol. The Balaban J connectivity index is 1.57. The molecule has 2 unspecified atom stereocenters. The fourth-order valence-electron chi connectivity index (χ4n) is 3.59. The molecule has 0 N–H and O–H groups in total. The Morgan fingerprint density at radius 2 is 1.64 bits per heavy atom. The molecule has 2 nitrogen and oxygen atoms in total. The quantitative estimate of drug-likeness (QED) is 0.609. The van der Waals surface area contributed by atoms with Crippen LogP contribution in [0.3, 0.4) is 0 Å². The largest absolute Gasteiger partial charge is 0.491 e. The zero-order chi connectivity index (χ0) is 17.4. The van der Waals surface area contributed by atoms with Crippen molar-refractivity contribution < 1.29 is 4.74 Å². The molecule has 4 rings (SSSR count). The molecule has 3 aromatic carbocycles. The van der Waals surface area contributed by atoms with Crippen LogP contribution in [0.25, 0.3) is 10.8 Å². The maximum Gasteiger partial charge on any atom is 0.119 e. The fourth-order valence-corrected chi connectivity index (χ4v) is 3.59. The number of hydrogen-bond acceptors (Lipinski definition) is 2. The highest BCUT2D eigenvalue weighted by Gasteiger charge is 2.39. The van der Waals surface area contributed by atoms with Crippen LogP contribution in [0, 0.1) is 11.3 Å². The lowest BCUT2D eigenvalue weighted by atomic mass is 10.00. The Morgan fingerprint density at radius 1 is 0.920 bits per heavy atom. The van der Waals surface area contributed by atoms with Crippen LogP contribution in [0.4, 0.5) is 0 Å². The van der Waals surface area contributed by atoms with Crippen molar-refractivity contribution in [1.29, 1.82) is 5.26 Å². The first-order chi connectivity index (χ1) is 12.1. The van der Waals surface area contributed by atoms with E-state index in [1.807, 2.05) is 24.3 Å². The van der Waals surface area contributed by atoms with Crippen molar-refractivity contribution in [2.75, 3.05) is 0 Å². The van der Waals surface area contributed by atoms with Crippen LogP contribution < -0.4 is 4.74 Å². The first-order valence-corrected chi connectivity index (χ1v) is 8.84. The number of hydrogen-bond donors (Lipinski definition) is 0. The van der Waals surface area contributed by atoms with Gasteiger partial charge in [0.25, 0.3) is 0 Å². The summed E-state index contributed by atoms with van der Waals surface area (Å²) in [6, 6.07) is 23.2. The molecule has 0 spiro atoms. The number of nitriles is 1. The summed E-state index contributed by atoms with van der Waals surface area (Å²) in [6.07, 6.45) is 1.39. The van der Waals surface area contributed by atoms with Gasteiger partial charge in [0.05, 0.1) is 17.7 Å². The summed E-state index contributed by atoms with van der Waals surface area (Å²) in [7, 11) is 0. The Hall–Kier alpha value is -2.79. The average Bonchev–Trinajstić information content (AvgIpc) is 3.41. The molecule has 0 aliphatic heterocycles. The van der Waals surface area contributed by atoms with Gasteiger partial charge in [-0.15, -0.1) is 0 Å². The van der Waals surface area contributed by atoms with Crippen molar-refractivity contribution in [3.8, 4) is 11.8 Å². The van der Waals surface area contributed by atoms with Crippen LogP contribution >= 0.6 is 0 Å². The topological polar surface area (TPSA) is 33.0 Å². The second kappa shape index (κ2) is 6.26. The molecule has 0 aromatic heterocycles. The Morgan fingerprint density at radius 3 is 2.40 bits per heavy atom. The van der Waals surface area contributed by atoms with E-state index < -0.39 is 0 Å². The van der Waals surface area contributed by atoms with Crippen molar-refractivity contribution in [3.05, 3.63) is 77.4 Å². The van der Waals surface area contributed by atoms with Gasteiger partial charge in [0.2, 0.25) is 0 Å². The molecule has 124 valence electrons. The maximum atomic E-state index is 9.03. The van der Waals surface area contributed by atoms with E-state index in [0.29, 0.717) is 17.4 Å². The average molecular weight is 327 g/mol. The van der Waals surface area contributed by atoms with Gasteiger partial charge >= 0.3 is 0 Å². The standard InChI is InChI=1S/C23H21NO/c1-15(2)25-21-5-3-4-19(12-21)22-13-23(22)20-9-8-17-10-16(14-24)6-7-18(17)11-20/h3-12,15,22-23H,13H2,1-2H3. The van der Waals surface area contributed by atoms with E-state index in [1.54, 1.807) is 0 Å². The Labute approximate surface area is 148 Å². The molecule has 25 heavy (non-hydrogen) atoms. The molecular weight excluding hydrogens is 306 g/mol. The van der Waals surface area contributed by atoms with Crippen LogP contribution in [0.5, 0.6) is 5.75 Å². The number of ether oxygens (including phenoxy) is 1. The highest BCUT2D eigenvalue weighted by atomic mass is 16.5. The summed E-state index contributed by atoms with van der Waals surface area (Å²) in [5.41, 5.74) is 3.46. The van der Waals surface area contributed by atoms with Crippen LogP contribution in [0.2, 0.25) is 0 Å². The number of nitrogens with zero attached hydrogens (tertiary/aromatic N) is 1. The van der Waals surface area contributed by atoms with E-state index in [9.17, 15) is 0 Å². The molecule has 0 saturated heterocycles. The molecule has 0 heterocycles. The summed E-state index contributed by atoms with van der Waals surface area (Å²) in [4.78, 5) is 0. The number of fused-ring (bicyclic) bond motifs is 1. The van der Waals surface area contributed by atoms with Crippen molar-refractivity contribution in [3.63, 3.8) is 0 Å². The monoisotopic (exact) mass is 327 g/mol. The van der Waals surface area contributed by atoms with Gasteiger partial charge in [-0.3, -0.25) is 0 Å². The highest BCUT2D eigenvalue weighted by Crippen LogP contribution is 2.55. The molecule has 0 amide bonds. The second-order valence-corrected chi connectivity index (χ2v) is 7.12. The summed E-state index contributed by atoms with van der Waals surface area (Å²) in [5, 5.41) is 11.4. The second-order valence-electron chi connectivity index (χ2n) is 7.12. The normalized spacial score (nSPS) is 19.0. The lowest BCUT2D eigenvalue weighted by Crippen LogP contribution is -2.05. The van der Waals surface area contributed by atoms with E-state index in [0.717, 1.165) is 11.1 Å². The molecule has 1 aliphatic carbocycles. The van der Waals surface area contributed by atoms with Gasteiger partial charge in [-0.2, -0.15) is 5.26 Å². The van der Waals surface area contributed by atoms with E-state index in [4.69, 9.17) is 10.00 Å². The molecule has 1 aliphatic rings. The van der Waals surface area contributed by atoms with Crippen molar-refractivity contribution in [2.24, 2.45) is 0 Å². The van der Waals surface area contributed by atoms with Gasteiger partial charge in [-0.25, -0.2) is 0 Å². The van der Waals surface area contributed by atoms with Gasteiger partial charge in [0.1, 0.15) is 5.75 Å². The third-order valence-corrected chi connectivity index (χ3v) is 4.87. The fraction of sp³-hybridized carbons (Fsp3) is 0.261. The van der Waals surface area contributed by atoms with Crippen molar-refractivity contribution in [2.45, 2.75) is 38.2 Å². The lowest BCUT2D eigenvalue weighted by molar-refractivity contribution is 0.242. The van der Waals surface area contributed by atoms with Gasteiger partial charge in [-0.05, 0) is 78.3 Å². The van der Waals surface area contributed by atoms with E-state index in [-0.39, 0.29) is 6.10 Å². The Kier molecular flexibility index (Phi) is 3.93. The number of benzene rings is 3. The maximum absolute atomic E-state index is 9.03. The van der Waals surface area contributed by atoms with Crippen LogP contribution in [0.1, 0.15) is 48.8 Å². The first-order valence-electron chi connectivity index (χ1n) is 8.84. The van der Waals surface area contributed by atoms with Gasteiger partial charge < -0.3 is 4.74 Å². The zero-order valence-corrected chi connectivity index (χ0v) is 14.6. The summed E-state index contributed by atoms with van der Waals surface area (Å²) in [5.74, 6) is 2.11. The molecule has 1 saturated carbocycles. The van der Waals surface area contributed by atoms with Gasteiger partial charge in [0, 0.05) is 0 Å². The minimum atomic E-state index is 0.198. The molecule has 3 aromatic rings. The Bertz CT molecular complexity index is 967. The minimum Gasteiger partial charge on any atom is -0.491 e. The van der Waals surface area contributed by atoms with Crippen LogP contribution in [0.15, 0.2) is 60.7 Å². The molecule has 2 heteroatoms.